The van der Waals surface area contributed by atoms with Crippen molar-refractivity contribution >= 4 is 11.9 Å². The Hall–Kier alpha value is -2.11. The molecule has 6 nitrogen and oxygen atoms in total. The van der Waals surface area contributed by atoms with Gasteiger partial charge in [0.25, 0.3) is 0 Å². The van der Waals surface area contributed by atoms with E-state index in [9.17, 15) is 14.7 Å². The number of aromatic nitrogens is 2. The molecule has 2 rings (SSSR count). The van der Waals surface area contributed by atoms with Gasteiger partial charge in [0.2, 0.25) is 5.91 Å². The number of rotatable bonds is 7. The largest absolute Gasteiger partial charge is 0.481 e. The van der Waals surface area contributed by atoms with Gasteiger partial charge in [-0.2, -0.15) is 0 Å². The summed E-state index contributed by atoms with van der Waals surface area (Å²) in [4.78, 5) is 30.5. The molecule has 138 valence electrons. The normalized spacial score (nSPS) is 20.4. The predicted molar refractivity (Wildman–Crippen MR) is 96.2 cm³/mol. The number of piperidine rings is 1. The van der Waals surface area contributed by atoms with Gasteiger partial charge in [-0.25, -0.2) is 4.98 Å². The number of likely N-dealkylation sites (tertiary alicyclic amines) is 1. The minimum Gasteiger partial charge on any atom is -0.481 e. The lowest BCUT2D eigenvalue weighted by molar-refractivity contribution is -0.154. The molecule has 25 heavy (non-hydrogen) atoms. The van der Waals surface area contributed by atoms with E-state index in [2.05, 4.69) is 4.98 Å². The maximum atomic E-state index is 12.6. The van der Waals surface area contributed by atoms with Crippen LogP contribution in [0.2, 0.25) is 0 Å². The number of amides is 1. The summed E-state index contributed by atoms with van der Waals surface area (Å²) in [5.41, 5.74) is 0.255. The van der Waals surface area contributed by atoms with E-state index in [1.165, 1.54) is 0 Å². The predicted octanol–water partition coefficient (Wildman–Crippen LogP) is 2.89. The van der Waals surface area contributed by atoms with Gasteiger partial charge in [-0.05, 0) is 33.1 Å². The lowest BCUT2D eigenvalue weighted by Gasteiger charge is -2.39. The third-order valence-corrected chi connectivity index (χ3v) is 4.97. The van der Waals surface area contributed by atoms with Crippen molar-refractivity contribution in [2.24, 2.45) is 5.41 Å². The zero-order chi connectivity index (χ0) is 18.4. The van der Waals surface area contributed by atoms with E-state index in [-0.39, 0.29) is 5.91 Å². The van der Waals surface area contributed by atoms with Gasteiger partial charge in [0.1, 0.15) is 5.82 Å². The van der Waals surface area contributed by atoms with Crippen LogP contribution in [0.25, 0.3) is 0 Å². The Labute approximate surface area is 149 Å². The molecule has 0 spiro atoms. The highest BCUT2D eigenvalue weighted by atomic mass is 16.4. The van der Waals surface area contributed by atoms with E-state index in [1.807, 2.05) is 37.6 Å². The first-order valence-electron chi connectivity index (χ1n) is 9.02. The van der Waals surface area contributed by atoms with Crippen LogP contribution in [0.5, 0.6) is 0 Å². The van der Waals surface area contributed by atoms with Gasteiger partial charge in [-0.15, -0.1) is 0 Å². The molecule has 1 aromatic rings. The second-order valence-electron chi connectivity index (χ2n) is 7.13. The van der Waals surface area contributed by atoms with Crippen LogP contribution in [0, 0.1) is 5.41 Å². The molecule has 0 bridgehead atoms. The van der Waals surface area contributed by atoms with Crippen molar-refractivity contribution in [2.45, 2.75) is 59.4 Å². The second kappa shape index (κ2) is 8.32. The fraction of sp³-hybridized carbons (Fsp3) is 0.632. The number of carboxylic acids is 1. The van der Waals surface area contributed by atoms with Gasteiger partial charge in [0.05, 0.1) is 5.41 Å². The first kappa shape index (κ1) is 19.2. The molecule has 1 atom stereocenters. The standard InChI is InChI=1S/C19H29N3O3/c1-4-16-20-10-13-21(16)12-7-17(23)22-11-5-8-19(14-22,18(24)25)9-6-15(2)3/h6,10,13H,4-5,7-9,11-12,14H2,1-3H3,(H,24,25)/t19-/m1/s1. The molecule has 6 heteroatoms. The molecule has 2 heterocycles. The highest BCUT2D eigenvalue weighted by molar-refractivity contribution is 5.80. The SMILES string of the molecule is CCc1nccn1CCC(=O)N1CCC[C@](CC=C(C)C)(C(=O)O)C1. The second-order valence-corrected chi connectivity index (χ2v) is 7.13. The van der Waals surface area contributed by atoms with Gasteiger partial charge in [0.15, 0.2) is 0 Å². The zero-order valence-corrected chi connectivity index (χ0v) is 15.5. The first-order chi connectivity index (χ1) is 11.9. The maximum Gasteiger partial charge on any atom is 0.311 e. The summed E-state index contributed by atoms with van der Waals surface area (Å²) in [6, 6.07) is 0. The van der Waals surface area contributed by atoms with E-state index in [0.29, 0.717) is 38.9 Å². The molecule has 0 saturated carbocycles. The Bertz CT molecular complexity index is 646. The molecule has 1 N–H and O–H groups in total. The minimum absolute atomic E-state index is 0.0262. The number of allylic oxidation sites excluding steroid dienone is 2. The molecule has 1 fully saturated rings. The molecule has 1 saturated heterocycles. The molecule has 0 unspecified atom stereocenters. The van der Waals surface area contributed by atoms with E-state index in [1.54, 1.807) is 11.1 Å². The molecule has 1 aliphatic heterocycles. The van der Waals surface area contributed by atoms with Gasteiger partial charge < -0.3 is 14.6 Å². The average Bonchev–Trinajstić information content (AvgIpc) is 3.05. The van der Waals surface area contributed by atoms with Crippen molar-refractivity contribution in [3.63, 3.8) is 0 Å². The fourth-order valence-electron chi connectivity index (χ4n) is 3.40. The van der Waals surface area contributed by atoms with E-state index in [4.69, 9.17) is 0 Å². The summed E-state index contributed by atoms with van der Waals surface area (Å²) in [5, 5.41) is 9.77. The number of hydrogen-bond acceptors (Lipinski definition) is 3. The van der Waals surface area contributed by atoms with Crippen LogP contribution in [0.1, 0.15) is 52.3 Å². The Morgan fingerprint density at radius 3 is 2.80 bits per heavy atom. The third-order valence-electron chi connectivity index (χ3n) is 4.97. The van der Waals surface area contributed by atoms with E-state index >= 15 is 0 Å². The van der Waals surface area contributed by atoms with Crippen LogP contribution >= 0.6 is 0 Å². The zero-order valence-electron chi connectivity index (χ0n) is 15.5. The fourth-order valence-corrected chi connectivity index (χ4v) is 3.40. The Balaban J connectivity index is 2.02. The van der Waals surface area contributed by atoms with Crippen LogP contribution in [0.3, 0.4) is 0 Å². The number of hydrogen-bond donors (Lipinski definition) is 1. The lowest BCUT2D eigenvalue weighted by atomic mass is 9.76. The number of carbonyl (C=O) groups is 2. The summed E-state index contributed by atoms with van der Waals surface area (Å²) < 4.78 is 2.00. The molecular weight excluding hydrogens is 318 g/mol. The number of aliphatic carboxylic acids is 1. The lowest BCUT2D eigenvalue weighted by Crippen LogP contribution is -2.49. The monoisotopic (exact) mass is 347 g/mol. The van der Waals surface area contributed by atoms with Crippen LogP contribution in [-0.4, -0.2) is 44.5 Å². The number of aryl methyl sites for hydroxylation is 2. The molecule has 0 aliphatic carbocycles. The van der Waals surface area contributed by atoms with Crippen LogP contribution in [-0.2, 0) is 22.6 Å². The topological polar surface area (TPSA) is 75.4 Å². The van der Waals surface area contributed by atoms with Crippen molar-refractivity contribution in [3.8, 4) is 0 Å². The van der Waals surface area contributed by atoms with Gasteiger partial charge >= 0.3 is 5.97 Å². The maximum absolute atomic E-state index is 12.6. The molecule has 0 radical (unpaired) electrons. The summed E-state index contributed by atoms with van der Waals surface area (Å²) >= 11 is 0. The summed E-state index contributed by atoms with van der Waals surface area (Å²) in [5.74, 6) is 0.193. The minimum atomic E-state index is -0.852. The molecule has 1 aromatic heterocycles. The smallest absolute Gasteiger partial charge is 0.311 e. The van der Waals surface area contributed by atoms with Gasteiger partial charge in [-0.3, -0.25) is 9.59 Å². The molecule has 1 amide bonds. The van der Waals surface area contributed by atoms with Crippen molar-refractivity contribution in [2.75, 3.05) is 13.1 Å². The van der Waals surface area contributed by atoms with Gasteiger partial charge in [-0.1, -0.05) is 18.6 Å². The highest BCUT2D eigenvalue weighted by Gasteiger charge is 2.42. The summed E-state index contributed by atoms with van der Waals surface area (Å²) in [6.45, 7) is 7.51. The quantitative estimate of drug-likeness (QED) is 0.770. The Kier molecular flexibility index (Phi) is 6.39. The van der Waals surface area contributed by atoms with Crippen molar-refractivity contribution < 1.29 is 14.7 Å². The van der Waals surface area contributed by atoms with Crippen LogP contribution in [0.4, 0.5) is 0 Å². The molecule has 1 aliphatic rings. The number of carboxylic acid groups (broad SMARTS) is 1. The Morgan fingerprint density at radius 2 is 2.16 bits per heavy atom. The Morgan fingerprint density at radius 1 is 1.40 bits per heavy atom. The summed E-state index contributed by atoms with van der Waals surface area (Å²) in [6.07, 6.45) is 8.66. The van der Waals surface area contributed by atoms with Gasteiger partial charge in [0, 0.05) is 44.9 Å². The van der Waals surface area contributed by atoms with Crippen molar-refractivity contribution in [1.29, 1.82) is 0 Å². The first-order valence-corrected chi connectivity index (χ1v) is 9.02. The highest BCUT2D eigenvalue weighted by Crippen LogP contribution is 2.35. The number of carbonyl (C=O) groups excluding carboxylic acids is 1. The van der Waals surface area contributed by atoms with Crippen LogP contribution in [0.15, 0.2) is 24.0 Å². The van der Waals surface area contributed by atoms with Crippen LogP contribution < -0.4 is 0 Å². The number of nitrogens with zero attached hydrogens (tertiary/aromatic N) is 3. The summed E-state index contributed by atoms with van der Waals surface area (Å²) in [7, 11) is 0. The van der Waals surface area contributed by atoms with Crippen molar-refractivity contribution in [3.05, 3.63) is 29.9 Å². The molecular formula is C19H29N3O3. The number of imidazole rings is 1. The van der Waals surface area contributed by atoms with Crippen molar-refractivity contribution in [1.82, 2.24) is 14.5 Å². The third kappa shape index (κ3) is 4.71. The average molecular weight is 347 g/mol. The van der Waals surface area contributed by atoms with E-state index < -0.39 is 11.4 Å². The van der Waals surface area contributed by atoms with E-state index in [0.717, 1.165) is 24.2 Å². The molecule has 0 aromatic carbocycles.